The predicted molar refractivity (Wildman–Crippen MR) is 123 cm³/mol. The smallest absolute Gasteiger partial charge is 0.271 e. The maximum Gasteiger partial charge on any atom is 0.271 e. The number of carbonyl (C=O) groups excluding carboxylic acids is 3. The fourth-order valence-electron chi connectivity index (χ4n) is 4.23. The zero-order valence-corrected chi connectivity index (χ0v) is 18.6. The minimum atomic E-state index is -1.10. The lowest BCUT2D eigenvalue weighted by molar-refractivity contribution is -0.134. The molecule has 0 aliphatic carbocycles. The zero-order valence-electron chi connectivity index (χ0n) is 18.6. The highest BCUT2D eigenvalue weighted by Gasteiger charge is 2.45. The lowest BCUT2D eigenvalue weighted by Crippen LogP contribution is -2.63. The first-order valence-corrected chi connectivity index (χ1v) is 10.8. The summed E-state index contributed by atoms with van der Waals surface area (Å²) in [7, 11) is 1.63. The summed E-state index contributed by atoms with van der Waals surface area (Å²) < 4.78 is 1.89. The first-order valence-electron chi connectivity index (χ1n) is 10.8. The fourth-order valence-corrected chi connectivity index (χ4v) is 4.23. The number of rotatable bonds is 6. The van der Waals surface area contributed by atoms with Gasteiger partial charge in [0.15, 0.2) is 0 Å². The Hall–Kier alpha value is -3.61. The van der Waals surface area contributed by atoms with E-state index in [-0.39, 0.29) is 24.3 Å². The van der Waals surface area contributed by atoms with E-state index in [0.717, 1.165) is 17.3 Å². The summed E-state index contributed by atoms with van der Waals surface area (Å²) in [6.07, 6.45) is 0.727. The van der Waals surface area contributed by atoms with Crippen LogP contribution in [0.5, 0.6) is 0 Å². The van der Waals surface area contributed by atoms with Gasteiger partial charge in [-0.1, -0.05) is 42.5 Å². The largest absolute Gasteiger partial charge is 0.354 e. The molecule has 2 heterocycles. The Labute approximate surface area is 187 Å². The van der Waals surface area contributed by atoms with E-state index in [0.29, 0.717) is 18.8 Å². The number of carbonyl (C=O) groups is 3. The van der Waals surface area contributed by atoms with Crippen molar-refractivity contribution in [3.8, 4) is 0 Å². The third kappa shape index (κ3) is 3.86. The van der Waals surface area contributed by atoms with Crippen molar-refractivity contribution in [2.75, 3.05) is 20.1 Å². The maximum atomic E-state index is 13.1. The molecule has 0 unspecified atom stereocenters. The van der Waals surface area contributed by atoms with Crippen LogP contribution in [0.1, 0.15) is 28.5 Å². The van der Waals surface area contributed by atoms with Gasteiger partial charge >= 0.3 is 0 Å². The standard InChI is InChI=1S/C25H28N4O3/c1-17-8-4-5-9-18(17)12-13-26-22(30)15-27-24(32)25(2)16-29-20-11-7-6-10-19(20)14-21(29)23(31)28(25)3/h4-11,14H,12-13,15-16H2,1-3H3,(H,26,30)(H,27,32)/t25-/m1/s1. The Kier molecular flexibility index (Phi) is 5.74. The monoisotopic (exact) mass is 432 g/mol. The van der Waals surface area contributed by atoms with Crippen LogP contribution in [0.15, 0.2) is 54.6 Å². The average molecular weight is 433 g/mol. The molecule has 1 aliphatic rings. The third-order valence-corrected chi connectivity index (χ3v) is 6.42. The van der Waals surface area contributed by atoms with Crippen molar-refractivity contribution in [1.29, 1.82) is 0 Å². The summed E-state index contributed by atoms with van der Waals surface area (Å²) in [5, 5.41) is 6.52. The van der Waals surface area contributed by atoms with E-state index in [9.17, 15) is 14.4 Å². The Bertz CT molecular complexity index is 1200. The number of para-hydroxylation sites is 1. The molecule has 7 heteroatoms. The molecule has 3 amide bonds. The second-order valence-electron chi connectivity index (χ2n) is 8.52. The number of aromatic nitrogens is 1. The topological polar surface area (TPSA) is 83.4 Å². The molecule has 2 aromatic carbocycles. The fraction of sp³-hybridized carbons (Fsp3) is 0.320. The molecule has 0 spiro atoms. The number of nitrogens with one attached hydrogen (secondary N) is 2. The molecule has 0 bridgehead atoms. The van der Waals surface area contributed by atoms with E-state index in [4.69, 9.17) is 0 Å². The molecule has 0 saturated carbocycles. The van der Waals surface area contributed by atoms with Gasteiger partial charge < -0.3 is 20.1 Å². The second-order valence-corrected chi connectivity index (χ2v) is 8.52. The van der Waals surface area contributed by atoms with Gasteiger partial charge in [0.1, 0.15) is 11.2 Å². The lowest BCUT2D eigenvalue weighted by atomic mass is 9.95. The number of benzene rings is 2. The van der Waals surface area contributed by atoms with E-state index >= 15 is 0 Å². The van der Waals surface area contributed by atoms with Crippen LogP contribution in [-0.4, -0.2) is 52.9 Å². The number of nitrogens with zero attached hydrogens (tertiary/aromatic N) is 2. The molecule has 2 N–H and O–H groups in total. The molecule has 0 saturated heterocycles. The van der Waals surface area contributed by atoms with Crippen molar-refractivity contribution < 1.29 is 14.4 Å². The lowest BCUT2D eigenvalue weighted by Gasteiger charge is -2.41. The summed E-state index contributed by atoms with van der Waals surface area (Å²) in [5.74, 6) is -0.828. The van der Waals surface area contributed by atoms with Gasteiger partial charge in [-0.05, 0) is 43.5 Å². The van der Waals surface area contributed by atoms with Crippen LogP contribution in [-0.2, 0) is 22.6 Å². The molecular formula is C25H28N4O3. The zero-order chi connectivity index (χ0) is 22.9. The van der Waals surface area contributed by atoms with Crippen LogP contribution in [0.25, 0.3) is 10.9 Å². The molecule has 1 aromatic heterocycles. The van der Waals surface area contributed by atoms with Crippen LogP contribution in [0.2, 0.25) is 0 Å². The van der Waals surface area contributed by atoms with Gasteiger partial charge in [0.25, 0.3) is 5.91 Å². The number of fused-ring (bicyclic) bond motifs is 3. The summed E-state index contributed by atoms with van der Waals surface area (Å²) in [4.78, 5) is 39.8. The van der Waals surface area contributed by atoms with Crippen LogP contribution in [0, 0.1) is 6.92 Å². The molecule has 1 aliphatic heterocycles. The van der Waals surface area contributed by atoms with Crippen LogP contribution in [0.4, 0.5) is 0 Å². The van der Waals surface area contributed by atoms with Crippen molar-refractivity contribution in [2.24, 2.45) is 0 Å². The highest BCUT2D eigenvalue weighted by atomic mass is 16.2. The molecule has 4 rings (SSSR count). The van der Waals surface area contributed by atoms with Gasteiger partial charge in [-0.15, -0.1) is 0 Å². The molecule has 0 radical (unpaired) electrons. The number of hydrogen-bond acceptors (Lipinski definition) is 3. The van der Waals surface area contributed by atoms with E-state index in [2.05, 4.69) is 10.6 Å². The summed E-state index contributed by atoms with van der Waals surface area (Å²) in [6.45, 7) is 4.45. The molecule has 166 valence electrons. The van der Waals surface area contributed by atoms with Gasteiger partial charge in [-0.25, -0.2) is 0 Å². The average Bonchev–Trinajstić information content (AvgIpc) is 3.15. The van der Waals surface area contributed by atoms with Gasteiger partial charge in [0.2, 0.25) is 11.8 Å². The van der Waals surface area contributed by atoms with Crippen LogP contribution >= 0.6 is 0 Å². The van der Waals surface area contributed by atoms with Crippen LogP contribution < -0.4 is 10.6 Å². The van der Waals surface area contributed by atoms with E-state index in [1.165, 1.54) is 16.0 Å². The summed E-state index contributed by atoms with van der Waals surface area (Å²) in [5.41, 5.74) is 2.74. The molecule has 1 atom stereocenters. The van der Waals surface area contributed by atoms with E-state index in [1.807, 2.05) is 66.1 Å². The van der Waals surface area contributed by atoms with Gasteiger partial charge in [0.05, 0.1) is 13.1 Å². The van der Waals surface area contributed by atoms with Crippen molar-refractivity contribution >= 4 is 28.6 Å². The highest BCUT2D eigenvalue weighted by Crippen LogP contribution is 2.31. The molecule has 3 aromatic rings. The number of amides is 3. The number of hydrogen-bond donors (Lipinski definition) is 2. The second kappa shape index (κ2) is 8.49. The molecular weight excluding hydrogens is 404 g/mol. The van der Waals surface area contributed by atoms with Gasteiger partial charge in [-0.2, -0.15) is 0 Å². The number of likely N-dealkylation sites (N-methyl/N-ethyl adjacent to an activating group) is 1. The first kappa shape index (κ1) is 21.6. The normalized spacial score (nSPS) is 17.8. The van der Waals surface area contributed by atoms with Gasteiger partial charge in [0, 0.05) is 24.5 Å². The Balaban J connectivity index is 1.39. The van der Waals surface area contributed by atoms with Crippen molar-refractivity contribution in [1.82, 2.24) is 20.1 Å². The molecule has 0 fully saturated rings. The van der Waals surface area contributed by atoms with Crippen molar-refractivity contribution in [2.45, 2.75) is 32.4 Å². The van der Waals surface area contributed by atoms with Gasteiger partial charge in [-0.3, -0.25) is 14.4 Å². The first-order chi connectivity index (χ1) is 15.3. The Morgan fingerprint density at radius 2 is 1.78 bits per heavy atom. The molecule has 32 heavy (non-hydrogen) atoms. The van der Waals surface area contributed by atoms with Crippen molar-refractivity contribution in [3.63, 3.8) is 0 Å². The van der Waals surface area contributed by atoms with E-state index in [1.54, 1.807) is 14.0 Å². The minimum Gasteiger partial charge on any atom is -0.354 e. The predicted octanol–water partition coefficient (Wildman–Crippen LogP) is 2.27. The summed E-state index contributed by atoms with van der Waals surface area (Å²) in [6, 6.07) is 17.6. The summed E-state index contributed by atoms with van der Waals surface area (Å²) >= 11 is 0. The molecule has 7 nitrogen and oxygen atoms in total. The Morgan fingerprint density at radius 3 is 2.56 bits per heavy atom. The van der Waals surface area contributed by atoms with Crippen LogP contribution in [0.3, 0.4) is 0 Å². The third-order valence-electron chi connectivity index (χ3n) is 6.42. The quantitative estimate of drug-likeness (QED) is 0.627. The minimum absolute atomic E-state index is 0.135. The maximum absolute atomic E-state index is 13.1. The van der Waals surface area contributed by atoms with Crippen molar-refractivity contribution in [3.05, 3.63) is 71.4 Å². The SMILES string of the molecule is Cc1ccccc1CCNC(=O)CNC(=O)[C@@]1(C)Cn2c(cc3ccccc32)C(=O)N1C. The highest BCUT2D eigenvalue weighted by molar-refractivity contribution is 6.03. The Morgan fingerprint density at radius 1 is 1.06 bits per heavy atom. The van der Waals surface area contributed by atoms with E-state index < -0.39 is 5.54 Å². The number of aryl methyl sites for hydroxylation is 1.